The fourth-order valence-corrected chi connectivity index (χ4v) is 1.95. The summed E-state index contributed by atoms with van der Waals surface area (Å²) in [6.45, 7) is 2.85. The van der Waals surface area contributed by atoms with Crippen LogP contribution in [0.5, 0.6) is 5.75 Å². The van der Waals surface area contributed by atoms with Gasteiger partial charge in [0.1, 0.15) is 12.2 Å². The van der Waals surface area contributed by atoms with Crippen molar-refractivity contribution < 1.29 is 14.3 Å². The van der Waals surface area contributed by atoms with Gasteiger partial charge < -0.3 is 10.1 Å². The second-order valence-electron chi connectivity index (χ2n) is 5.11. The smallest absolute Gasteiger partial charge is 0.249 e. The van der Waals surface area contributed by atoms with Gasteiger partial charge in [0.05, 0.1) is 12.8 Å². The van der Waals surface area contributed by atoms with E-state index in [0.29, 0.717) is 13.2 Å². The van der Waals surface area contributed by atoms with Crippen molar-refractivity contribution in [1.29, 1.82) is 0 Å². The van der Waals surface area contributed by atoms with Crippen LogP contribution in [0.2, 0.25) is 0 Å². The van der Waals surface area contributed by atoms with Gasteiger partial charge in [-0.2, -0.15) is 5.10 Å². The summed E-state index contributed by atoms with van der Waals surface area (Å²) in [5.41, 5.74) is 4.00. The second kappa shape index (κ2) is 9.82. The quantitative estimate of drug-likeness (QED) is 0.434. The zero-order valence-electron chi connectivity index (χ0n) is 13.9. The molecule has 7 nitrogen and oxygen atoms in total. The molecule has 0 aliphatic rings. The molecule has 2 aromatic rings. The number of rotatable bonds is 8. The molecule has 0 saturated heterocycles. The Morgan fingerprint density at radius 1 is 1.20 bits per heavy atom. The summed E-state index contributed by atoms with van der Waals surface area (Å²) in [5.74, 6) is -0.0857. The number of carbonyl (C=O) groups is 2. The lowest BCUT2D eigenvalue weighted by Gasteiger charge is -2.04. The van der Waals surface area contributed by atoms with Crippen LogP contribution < -0.4 is 15.5 Å². The first kappa shape index (κ1) is 18.1. The van der Waals surface area contributed by atoms with Crippen LogP contribution in [0.25, 0.3) is 0 Å². The van der Waals surface area contributed by atoms with Crippen molar-refractivity contribution in [2.24, 2.45) is 5.10 Å². The molecule has 0 bridgehead atoms. The highest BCUT2D eigenvalue weighted by Gasteiger charge is 2.08. The lowest BCUT2D eigenvalue weighted by molar-refractivity contribution is -0.129. The first-order chi connectivity index (χ1) is 12.2. The van der Waals surface area contributed by atoms with Crippen LogP contribution in [-0.2, 0) is 16.1 Å². The molecule has 2 amide bonds. The van der Waals surface area contributed by atoms with E-state index in [4.69, 9.17) is 4.74 Å². The van der Waals surface area contributed by atoms with Crippen molar-refractivity contribution in [3.8, 4) is 5.75 Å². The molecule has 0 saturated carbocycles. The molecule has 0 unspecified atom stereocenters. The molecular weight excluding hydrogens is 320 g/mol. The van der Waals surface area contributed by atoms with Crippen LogP contribution in [0.1, 0.15) is 24.5 Å². The van der Waals surface area contributed by atoms with Crippen molar-refractivity contribution in [1.82, 2.24) is 15.7 Å². The third-order valence-corrected chi connectivity index (χ3v) is 3.13. The summed E-state index contributed by atoms with van der Waals surface area (Å²) in [5, 5.41) is 6.48. The van der Waals surface area contributed by atoms with Gasteiger partial charge in [0.25, 0.3) is 0 Å². The fraction of sp³-hybridized carbons (Fsp3) is 0.222. The van der Waals surface area contributed by atoms with E-state index in [1.54, 1.807) is 18.5 Å². The molecule has 0 aliphatic carbocycles. The first-order valence-corrected chi connectivity index (χ1v) is 7.87. The second-order valence-corrected chi connectivity index (χ2v) is 5.11. The van der Waals surface area contributed by atoms with Gasteiger partial charge >= 0.3 is 0 Å². The van der Waals surface area contributed by atoms with Crippen LogP contribution >= 0.6 is 0 Å². The molecule has 2 N–H and O–H groups in total. The number of benzene rings is 1. The van der Waals surface area contributed by atoms with Gasteiger partial charge in [0.15, 0.2) is 0 Å². The molecule has 1 aromatic heterocycles. The molecule has 0 fully saturated rings. The van der Waals surface area contributed by atoms with Crippen molar-refractivity contribution in [2.45, 2.75) is 19.9 Å². The zero-order chi connectivity index (χ0) is 17.9. The third-order valence-electron chi connectivity index (χ3n) is 3.13. The average molecular weight is 340 g/mol. The van der Waals surface area contributed by atoms with Gasteiger partial charge in [-0.3, -0.25) is 14.6 Å². The van der Waals surface area contributed by atoms with E-state index < -0.39 is 5.91 Å². The number of aromatic nitrogens is 1. The third kappa shape index (κ3) is 6.82. The van der Waals surface area contributed by atoms with E-state index in [1.807, 2.05) is 37.3 Å². The van der Waals surface area contributed by atoms with E-state index in [0.717, 1.165) is 16.9 Å². The Morgan fingerprint density at radius 3 is 2.68 bits per heavy atom. The molecule has 0 atom stereocenters. The molecule has 0 spiro atoms. The topological polar surface area (TPSA) is 92.7 Å². The Kier molecular flexibility index (Phi) is 7.12. The minimum absolute atomic E-state index is 0.291. The number of nitrogens with zero attached hydrogens (tertiary/aromatic N) is 2. The van der Waals surface area contributed by atoms with E-state index in [1.165, 1.54) is 6.21 Å². The molecule has 130 valence electrons. The number of ether oxygens (including phenoxy) is 1. The lowest BCUT2D eigenvalue weighted by atomic mass is 10.2. The van der Waals surface area contributed by atoms with Crippen molar-refractivity contribution in [3.63, 3.8) is 0 Å². The molecular formula is C18H20N4O3. The maximum atomic E-state index is 11.7. The van der Waals surface area contributed by atoms with E-state index in [2.05, 4.69) is 20.8 Å². The number of hydrazone groups is 1. The maximum absolute atomic E-state index is 11.7. The molecule has 0 radical (unpaired) electrons. The average Bonchev–Trinajstić information content (AvgIpc) is 2.62. The van der Waals surface area contributed by atoms with Crippen LogP contribution in [0.3, 0.4) is 0 Å². The van der Waals surface area contributed by atoms with Gasteiger partial charge in [-0.05, 0) is 48.4 Å². The van der Waals surface area contributed by atoms with Crippen LogP contribution in [0, 0.1) is 0 Å². The Labute approximate surface area is 146 Å². The Bertz CT molecular complexity index is 715. The zero-order valence-corrected chi connectivity index (χ0v) is 13.9. The summed E-state index contributed by atoms with van der Waals surface area (Å²) in [7, 11) is 0. The summed E-state index contributed by atoms with van der Waals surface area (Å²) in [4.78, 5) is 27.3. The molecule has 2 rings (SSSR count). The van der Waals surface area contributed by atoms with Gasteiger partial charge in [-0.25, -0.2) is 5.43 Å². The molecule has 1 aromatic carbocycles. The highest BCUT2D eigenvalue weighted by molar-refractivity contribution is 5.97. The summed E-state index contributed by atoms with van der Waals surface area (Å²) in [6.07, 6.45) is 4.52. The SMILES string of the molecule is CCOc1ccc(/C=N\NC(=O)CC(=O)NCc2cccnc2)cc1. The Hall–Kier alpha value is -3.22. The summed E-state index contributed by atoms with van der Waals surface area (Å²) < 4.78 is 5.34. The predicted molar refractivity (Wildman–Crippen MR) is 94.0 cm³/mol. The maximum Gasteiger partial charge on any atom is 0.249 e. The number of amides is 2. The van der Waals surface area contributed by atoms with Gasteiger partial charge in [-0.15, -0.1) is 0 Å². The molecule has 1 heterocycles. The predicted octanol–water partition coefficient (Wildman–Crippen LogP) is 1.64. The van der Waals surface area contributed by atoms with Crippen LogP contribution in [-0.4, -0.2) is 29.6 Å². The number of carbonyl (C=O) groups excluding carboxylic acids is 2. The highest BCUT2D eigenvalue weighted by Crippen LogP contribution is 2.10. The van der Waals surface area contributed by atoms with Crippen LogP contribution in [0.15, 0.2) is 53.9 Å². The Morgan fingerprint density at radius 2 is 2.00 bits per heavy atom. The first-order valence-electron chi connectivity index (χ1n) is 7.87. The lowest BCUT2D eigenvalue weighted by Crippen LogP contribution is -2.29. The van der Waals surface area contributed by atoms with Gasteiger partial charge in [0.2, 0.25) is 11.8 Å². The molecule has 25 heavy (non-hydrogen) atoms. The largest absolute Gasteiger partial charge is 0.494 e. The Balaban J connectivity index is 1.71. The molecule has 0 aliphatic heterocycles. The normalized spacial score (nSPS) is 10.4. The number of hydrogen-bond acceptors (Lipinski definition) is 5. The van der Waals surface area contributed by atoms with E-state index >= 15 is 0 Å². The molecule has 7 heteroatoms. The minimum atomic E-state index is -0.481. The highest BCUT2D eigenvalue weighted by atomic mass is 16.5. The van der Waals surface area contributed by atoms with E-state index in [9.17, 15) is 9.59 Å². The van der Waals surface area contributed by atoms with Crippen molar-refractivity contribution in [3.05, 3.63) is 59.9 Å². The van der Waals surface area contributed by atoms with Gasteiger partial charge in [-0.1, -0.05) is 6.07 Å². The standard InChI is InChI=1S/C18H20N4O3/c1-2-25-16-7-5-14(6-8-16)13-21-22-18(24)10-17(23)20-12-15-4-3-9-19-11-15/h3-9,11,13H,2,10,12H2,1H3,(H,20,23)(H,22,24)/b21-13-. The number of nitrogens with one attached hydrogen (secondary N) is 2. The summed E-state index contributed by atoms with van der Waals surface area (Å²) >= 11 is 0. The minimum Gasteiger partial charge on any atom is -0.494 e. The van der Waals surface area contributed by atoms with Crippen molar-refractivity contribution >= 4 is 18.0 Å². The summed E-state index contributed by atoms with van der Waals surface area (Å²) in [6, 6.07) is 10.9. The van der Waals surface area contributed by atoms with Crippen LogP contribution in [0.4, 0.5) is 0 Å². The number of pyridine rings is 1. The van der Waals surface area contributed by atoms with Crippen molar-refractivity contribution in [2.75, 3.05) is 6.61 Å². The van der Waals surface area contributed by atoms with Gasteiger partial charge in [0, 0.05) is 18.9 Å². The number of hydrogen-bond donors (Lipinski definition) is 2. The monoisotopic (exact) mass is 340 g/mol. The fourth-order valence-electron chi connectivity index (χ4n) is 1.95. The van der Waals surface area contributed by atoms with E-state index in [-0.39, 0.29) is 12.3 Å².